The van der Waals surface area contributed by atoms with E-state index in [0.29, 0.717) is 12.8 Å². The first-order chi connectivity index (χ1) is 9.92. The zero-order valence-electron chi connectivity index (χ0n) is 12.7. The highest BCUT2D eigenvalue weighted by molar-refractivity contribution is 6.45. The SMILES string of the molecule is CCCCCC(CCCC)OC(=O)C(=O)CC(=O)C(=O)O. The number of carboxylic acid groups (broad SMARTS) is 1. The molecule has 0 heterocycles. The van der Waals surface area contributed by atoms with Crippen molar-refractivity contribution in [2.45, 2.75) is 71.3 Å². The Kier molecular flexibility index (Phi) is 10.1. The molecule has 0 saturated heterocycles. The highest BCUT2D eigenvalue weighted by Gasteiger charge is 2.25. The number of esters is 1. The van der Waals surface area contributed by atoms with Gasteiger partial charge >= 0.3 is 11.9 Å². The van der Waals surface area contributed by atoms with Crippen molar-refractivity contribution in [1.29, 1.82) is 0 Å². The van der Waals surface area contributed by atoms with Crippen molar-refractivity contribution >= 4 is 23.5 Å². The number of unbranched alkanes of at least 4 members (excludes halogenated alkanes) is 3. The second-order valence-electron chi connectivity index (χ2n) is 4.99. The molecule has 0 rings (SSSR count). The topological polar surface area (TPSA) is 97.7 Å². The molecular weight excluding hydrogens is 276 g/mol. The van der Waals surface area contributed by atoms with Gasteiger partial charge in [-0.3, -0.25) is 9.59 Å². The lowest BCUT2D eigenvalue weighted by Gasteiger charge is -2.17. The first-order valence-electron chi connectivity index (χ1n) is 7.42. The van der Waals surface area contributed by atoms with E-state index in [4.69, 9.17) is 9.84 Å². The average molecular weight is 300 g/mol. The van der Waals surface area contributed by atoms with E-state index in [1.807, 2.05) is 6.92 Å². The number of Topliss-reactive ketones (excluding diaryl/α,β-unsaturated/α-hetero) is 2. The molecule has 0 spiro atoms. The first-order valence-corrected chi connectivity index (χ1v) is 7.42. The van der Waals surface area contributed by atoms with Crippen molar-refractivity contribution in [2.24, 2.45) is 0 Å². The Morgan fingerprint density at radius 1 is 0.905 bits per heavy atom. The van der Waals surface area contributed by atoms with Crippen LogP contribution in [0.4, 0.5) is 0 Å². The highest BCUT2D eigenvalue weighted by Crippen LogP contribution is 2.14. The van der Waals surface area contributed by atoms with Gasteiger partial charge in [0.25, 0.3) is 0 Å². The summed E-state index contributed by atoms with van der Waals surface area (Å²) in [6, 6.07) is 0. The Labute approximate surface area is 124 Å². The summed E-state index contributed by atoms with van der Waals surface area (Å²) in [7, 11) is 0. The molecule has 1 unspecified atom stereocenters. The van der Waals surface area contributed by atoms with Crippen LogP contribution in [0.3, 0.4) is 0 Å². The van der Waals surface area contributed by atoms with Gasteiger partial charge < -0.3 is 9.84 Å². The molecule has 0 aromatic heterocycles. The average Bonchev–Trinajstić information content (AvgIpc) is 2.44. The summed E-state index contributed by atoms with van der Waals surface area (Å²) < 4.78 is 5.11. The third-order valence-corrected chi connectivity index (χ3v) is 3.07. The van der Waals surface area contributed by atoms with Crippen molar-refractivity contribution in [3.8, 4) is 0 Å². The van der Waals surface area contributed by atoms with Gasteiger partial charge in [-0.05, 0) is 19.3 Å². The summed E-state index contributed by atoms with van der Waals surface area (Å²) in [6.07, 6.45) is 4.87. The van der Waals surface area contributed by atoms with E-state index in [0.717, 1.165) is 32.1 Å². The summed E-state index contributed by atoms with van der Waals surface area (Å²) in [5.41, 5.74) is 0. The number of carbonyl (C=O) groups excluding carboxylic acids is 3. The van der Waals surface area contributed by atoms with Crippen LogP contribution in [0, 0.1) is 0 Å². The van der Waals surface area contributed by atoms with Gasteiger partial charge in [-0.25, -0.2) is 9.59 Å². The van der Waals surface area contributed by atoms with Crippen molar-refractivity contribution in [3.63, 3.8) is 0 Å². The quantitative estimate of drug-likeness (QED) is 0.257. The Bertz CT molecular complexity index is 374. The summed E-state index contributed by atoms with van der Waals surface area (Å²) in [5, 5.41) is 8.40. The number of carbonyl (C=O) groups is 4. The van der Waals surface area contributed by atoms with Gasteiger partial charge in [-0.1, -0.05) is 39.5 Å². The summed E-state index contributed by atoms with van der Waals surface area (Å²) in [6.45, 7) is 4.08. The molecule has 0 aromatic rings. The number of ketones is 2. The zero-order chi connectivity index (χ0) is 16.3. The lowest BCUT2D eigenvalue weighted by molar-refractivity contribution is -0.160. The molecule has 1 atom stereocenters. The Morgan fingerprint density at radius 3 is 2.00 bits per heavy atom. The van der Waals surface area contributed by atoms with Crippen LogP contribution in [0.15, 0.2) is 0 Å². The molecule has 0 bridgehead atoms. The van der Waals surface area contributed by atoms with Gasteiger partial charge in [0.2, 0.25) is 11.6 Å². The summed E-state index contributed by atoms with van der Waals surface area (Å²) in [4.78, 5) is 44.3. The molecular formula is C15H24O6. The number of aliphatic carboxylic acids is 1. The molecule has 1 N–H and O–H groups in total. The lowest BCUT2D eigenvalue weighted by Crippen LogP contribution is -2.28. The molecule has 6 nitrogen and oxygen atoms in total. The van der Waals surface area contributed by atoms with Crippen LogP contribution in [0.25, 0.3) is 0 Å². The van der Waals surface area contributed by atoms with E-state index >= 15 is 0 Å². The number of hydrogen-bond donors (Lipinski definition) is 1. The fourth-order valence-corrected chi connectivity index (χ4v) is 1.83. The van der Waals surface area contributed by atoms with E-state index in [1.165, 1.54) is 0 Å². The van der Waals surface area contributed by atoms with Gasteiger partial charge in [0.1, 0.15) is 6.10 Å². The minimum atomic E-state index is -1.72. The summed E-state index contributed by atoms with van der Waals surface area (Å²) in [5.74, 6) is -5.23. The van der Waals surface area contributed by atoms with E-state index < -0.39 is 29.9 Å². The molecule has 120 valence electrons. The molecule has 0 amide bonds. The number of hydrogen-bond acceptors (Lipinski definition) is 5. The van der Waals surface area contributed by atoms with Gasteiger partial charge in [-0.2, -0.15) is 0 Å². The van der Waals surface area contributed by atoms with Crippen molar-refractivity contribution in [2.75, 3.05) is 0 Å². The Balaban J connectivity index is 4.38. The molecule has 21 heavy (non-hydrogen) atoms. The Morgan fingerprint density at radius 2 is 1.48 bits per heavy atom. The molecule has 0 aliphatic carbocycles. The van der Waals surface area contributed by atoms with E-state index in [9.17, 15) is 19.2 Å². The fraction of sp³-hybridized carbons (Fsp3) is 0.733. The van der Waals surface area contributed by atoms with Crippen LogP contribution in [-0.2, 0) is 23.9 Å². The van der Waals surface area contributed by atoms with Gasteiger partial charge in [-0.15, -0.1) is 0 Å². The predicted molar refractivity (Wildman–Crippen MR) is 75.8 cm³/mol. The van der Waals surface area contributed by atoms with E-state index in [1.54, 1.807) is 0 Å². The molecule has 0 fully saturated rings. The number of ether oxygens (including phenoxy) is 1. The molecule has 0 saturated carbocycles. The molecule has 0 aliphatic heterocycles. The van der Waals surface area contributed by atoms with Crippen molar-refractivity contribution in [1.82, 2.24) is 0 Å². The fourth-order valence-electron chi connectivity index (χ4n) is 1.83. The maximum absolute atomic E-state index is 11.6. The highest BCUT2D eigenvalue weighted by atomic mass is 16.5. The second-order valence-corrected chi connectivity index (χ2v) is 4.99. The van der Waals surface area contributed by atoms with Crippen molar-refractivity contribution in [3.05, 3.63) is 0 Å². The zero-order valence-corrected chi connectivity index (χ0v) is 12.7. The summed E-state index contributed by atoms with van der Waals surface area (Å²) >= 11 is 0. The molecule has 6 heteroatoms. The molecule has 0 aromatic carbocycles. The minimum Gasteiger partial charge on any atom is -0.475 e. The maximum Gasteiger partial charge on any atom is 0.375 e. The Hall–Kier alpha value is -1.72. The third kappa shape index (κ3) is 8.94. The van der Waals surface area contributed by atoms with E-state index in [-0.39, 0.29) is 6.10 Å². The smallest absolute Gasteiger partial charge is 0.375 e. The van der Waals surface area contributed by atoms with Gasteiger partial charge in [0, 0.05) is 0 Å². The van der Waals surface area contributed by atoms with Crippen LogP contribution < -0.4 is 0 Å². The monoisotopic (exact) mass is 300 g/mol. The van der Waals surface area contributed by atoms with Gasteiger partial charge in [0.05, 0.1) is 6.42 Å². The molecule has 0 radical (unpaired) electrons. The predicted octanol–water partition coefficient (Wildman–Crippen LogP) is 2.28. The largest absolute Gasteiger partial charge is 0.475 e. The minimum absolute atomic E-state index is 0.340. The first kappa shape index (κ1) is 19.3. The second kappa shape index (κ2) is 11.0. The van der Waals surface area contributed by atoms with Crippen LogP contribution in [-0.4, -0.2) is 34.7 Å². The third-order valence-electron chi connectivity index (χ3n) is 3.07. The van der Waals surface area contributed by atoms with Crippen LogP contribution in [0.2, 0.25) is 0 Å². The number of rotatable bonds is 12. The standard InChI is InChI=1S/C15H24O6/c1-3-5-7-9-11(8-6-4-2)21-15(20)13(17)10-12(16)14(18)19/h11H,3-10H2,1-2H3,(H,18,19). The van der Waals surface area contributed by atoms with Crippen LogP contribution >= 0.6 is 0 Å². The normalized spacial score (nSPS) is 11.7. The van der Waals surface area contributed by atoms with Crippen LogP contribution in [0.5, 0.6) is 0 Å². The van der Waals surface area contributed by atoms with Crippen molar-refractivity contribution < 1.29 is 29.0 Å². The number of carboxylic acids is 1. The lowest BCUT2D eigenvalue weighted by atomic mass is 10.1. The maximum atomic E-state index is 11.6. The van der Waals surface area contributed by atoms with Gasteiger partial charge in [0.15, 0.2) is 0 Å². The van der Waals surface area contributed by atoms with E-state index in [2.05, 4.69) is 6.92 Å². The molecule has 0 aliphatic rings. The van der Waals surface area contributed by atoms with Crippen LogP contribution in [0.1, 0.15) is 65.2 Å².